The monoisotopic (exact) mass is 523 g/mol. The van der Waals surface area contributed by atoms with Crippen molar-refractivity contribution >= 4 is 33.0 Å². The van der Waals surface area contributed by atoms with Gasteiger partial charge in [0, 0.05) is 38.9 Å². The highest BCUT2D eigenvalue weighted by atomic mass is 32.2. The van der Waals surface area contributed by atoms with Gasteiger partial charge >= 0.3 is 6.18 Å². The SMILES string of the molecule is CNC(=O)c1c(C(F)(F)F)nn2ccc(C3CCN(S(=O)(=O)c4ccc(NC(C)=O)cc4)CC3)cc12. The van der Waals surface area contributed by atoms with E-state index in [1.807, 2.05) is 0 Å². The van der Waals surface area contributed by atoms with Gasteiger partial charge in [0.15, 0.2) is 5.69 Å². The summed E-state index contributed by atoms with van der Waals surface area (Å²) in [4.78, 5) is 23.5. The topological polar surface area (TPSA) is 113 Å². The van der Waals surface area contributed by atoms with Crippen molar-refractivity contribution in [2.24, 2.45) is 0 Å². The summed E-state index contributed by atoms with van der Waals surface area (Å²) in [5.74, 6) is -1.26. The van der Waals surface area contributed by atoms with Crippen molar-refractivity contribution in [3.8, 4) is 0 Å². The summed E-state index contributed by atoms with van der Waals surface area (Å²) >= 11 is 0. The predicted octanol–water partition coefficient (Wildman–Crippen LogP) is 3.24. The Morgan fingerprint density at radius 2 is 1.72 bits per heavy atom. The zero-order valence-electron chi connectivity index (χ0n) is 19.5. The van der Waals surface area contributed by atoms with E-state index in [2.05, 4.69) is 15.7 Å². The molecule has 0 radical (unpaired) electrons. The molecule has 1 aromatic carbocycles. The second-order valence-corrected chi connectivity index (χ2v) is 10.4. The molecule has 0 saturated carbocycles. The molecule has 1 aliphatic heterocycles. The van der Waals surface area contributed by atoms with Crippen LogP contribution in [0.15, 0.2) is 47.5 Å². The Labute approximate surface area is 205 Å². The molecule has 192 valence electrons. The van der Waals surface area contributed by atoms with Crippen LogP contribution in [-0.4, -0.2) is 54.3 Å². The van der Waals surface area contributed by atoms with Crippen LogP contribution >= 0.6 is 0 Å². The lowest BCUT2D eigenvalue weighted by molar-refractivity contribution is -0.141. The van der Waals surface area contributed by atoms with Crippen LogP contribution in [0.5, 0.6) is 0 Å². The predicted molar refractivity (Wildman–Crippen MR) is 125 cm³/mol. The Hall–Kier alpha value is -3.45. The Balaban J connectivity index is 1.54. The molecule has 4 rings (SSSR count). The lowest BCUT2D eigenvalue weighted by Gasteiger charge is -2.31. The standard InChI is InChI=1S/C23H24F3N5O4S/c1-14(32)28-17-3-5-18(6-4-17)36(34,35)30-10-7-15(8-11-30)16-9-12-31-19(13-16)20(22(33)27-2)21(29-31)23(24,25)26/h3-6,9,12-13,15H,7-8,10-11H2,1-2H3,(H,27,33)(H,28,32). The number of carbonyl (C=O) groups excluding carboxylic acids is 2. The quantitative estimate of drug-likeness (QED) is 0.533. The van der Waals surface area contributed by atoms with Gasteiger partial charge in [0.05, 0.1) is 16.0 Å². The van der Waals surface area contributed by atoms with Gasteiger partial charge in [-0.15, -0.1) is 0 Å². The molecule has 1 saturated heterocycles. The number of nitrogens with one attached hydrogen (secondary N) is 2. The number of piperidine rings is 1. The van der Waals surface area contributed by atoms with E-state index in [1.54, 1.807) is 6.07 Å². The van der Waals surface area contributed by atoms with Crippen molar-refractivity contribution in [1.29, 1.82) is 0 Å². The van der Waals surface area contributed by atoms with E-state index < -0.39 is 33.4 Å². The van der Waals surface area contributed by atoms with E-state index in [1.165, 1.54) is 54.8 Å². The number of aromatic nitrogens is 2. The summed E-state index contributed by atoms with van der Waals surface area (Å²) in [6, 6.07) is 9.05. The molecule has 2 aromatic heterocycles. The molecule has 0 spiro atoms. The zero-order chi connectivity index (χ0) is 26.3. The number of nitrogens with zero attached hydrogens (tertiary/aromatic N) is 3. The minimum Gasteiger partial charge on any atom is -0.355 e. The van der Waals surface area contributed by atoms with Crippen LogP contribution in [0.2, 0.25) is 0 Å². The summed E-state index contributed by atoms with van der Waals surface area (Å²) in [6.07, 6.45) is -2.51. The highest BCUT2D eigenvalue weighted by molar-refractivity contribution is 7.89. The third-order valence-corrected chi connectivity index (χ3v) is 8.03. The van der Waals surface area contributed by atoms with Gasteiger partial charge < -0.3 is 10.6 Å². The minimum atomic E-state index is -4.80. The number of rotatable bonds is 5. The van der Waals surface area contributed by atoms with Crippen molar-refractivity contribution in [3.05, 3.63) is 59.4 Å². The van der Waals surface area contributed by atoms with Crippen LogP contribution in [0, 0.1) is 0 Å². The molecule has 2 N–H and O–H groups in total. The molecule has 3 aromatic rings. The Morgan fingerprint density at radius 1 is 1.08 bits per heavy atom. The van der Waals surface area contributed by atoms with Crippen molar-refractivity contribution < 1.29 is 31.2 Å². The highest BCUT2D eigenvalue weighted by Crippen LogP contribution is 2.36. The van der Waals surface area contributed by atoms with Gasteiger partial charge in [0.2, 0.25) is 15.9 Å². The summed E-state index contributed by atoms with van der Waals surface area (Å²) in [5.41, 5.74) is -0.578. The van der Waals surface area contributed by atoms with Gasteiger partial charge in [-0.25, -0.2) is 12.9 Å². The van der Waals surface area contributed by atoms with Crippen LogP contribution in [0.4, 0.5) is 18.9 Å². The molecule has 0 aliphatic carbocycles. The molecule has 9 nitrogen and oxygen atoms in total. The van der Waals surface area contributed by atoms with Gasteiger partial charge in [-0.3, -0.25) is 9.59 Å². The molecular weight excluding hydrogens is 499 g/mol. The average Bonchev–Trinajstić information content (AvgIpc) is 3.23. The third kappa shape index (κ3) is 4.93. The molecule has 36 heavy (non-hydrogen) atoms. The number of sulfonamides is 1. The van der Waals surface area contributed by atoms with Crippen LogP contribution in [0.3, 0.4) is 0 Å². The smallest absolute Gasteiger partial charge is 0.355 e. The zero-order valence-corrected chi connectivity index (χ0v) is 20.3. The van der Waals surface area contributed by atoms with E-state index >= 15 is 0 Å². The molecule has 0 bridgehead atoms. The molecule has 3 heterocycles. The largest absolute Gasteiger partial charge is 0.436 e. The minimum absolute atomic E-state index is 0.0356. The summed E-state index contributed by atoms with van der Waals surface area (Å²) in [5, 5.41) is 8.38. The normalized spacial score (nSPS) is 15.7. The number of amides is 2. The molecule has 1 aliphatic rings. The lowest BCUT2D eigenvalue weighted by Crippen LogP contribution is -2.37. The number of carbonyl (C=O) groups is 2. The van der Waals surface area contributed by atoms with Gasteiger partial charge in [0.25, 0.3) is 5.91 Å². The van der Waals surface area contributed by atoms with Crippen LogP contribution in [-0.2, 0) is 21.0 Å². The van der Waals surface area contributed by atoms with Crippen LogP contribution in [0.25, 0.3) is 5.52 Å². The lowest BCUT2D eigenvalue weighted by atomic mass is 9.90. The Morgan fingerprint density at radius 3 is 2.28 bits per heavy atom. The first-order valence-corrected chi connectivity index (χ1v) is 12.5. The van der Waals surface area contributed by atoms with E-state index in [4.69, 9.17) is 0 Å². The van der Waals surface area contributed by atoms with Gasteiger partial charge in [-0.05, 0) is 60.7 Å². The molecule has 2 amide bonds. The number of halogens is 3. The van der Waals surface area contributed by atoms with Gasteiger partial charge in [-0.2, -0.15) is 22.6 Å². The van der Waals surface area contributed by atoms with E-state index in [-0.39, 0.29) is 35.3 Å². The number of benzene rings is 1. The first-order valence-electron chi connectivity index (χ1n) is 11.1. The first-order chi connectivity index (χ1) is 16.9. The van der Waals surface area contributed by atoms with E-state index in [0.29, 0.717) is 24.1 Å². The van der Waals surface area contributed by atoms with Crippen molar-refractivity contribution in [3.63, 3.8) is 0 Å². The fraction of sp³-hybridized carbons (Fsp3) is 0.348. The summed E-state index contributed by atoms with van der Waals surface area (Å²) in [6.45, 7) is 1.80. The molecule has 13 heteroatoms. The first kappa shape index (κ1) is 25.6. The van der Waals surface area contributed by atoms with Crippen molar-refractivity contribution in [2.75, 3.05) is 25.5 Å². The van der Waals surface area contributed by atoms with Gasteiger partial charge in [-0.1, -0.05) is 0 Å². The van der Waals surface area contributed by atoms with Crippen molar-refractivity contribution in [1.82, 2.24) is 19.2 Å². The fourth-order valence-electron chi connectivity index (χ4n) is 4.36. The number of alkyl halides is 3. The number of anilines is 1. The third-order valence-electron chi connectivity index (χ3n) is 6.12. The maximum Gasteiger partial charge on any atom is 0.436 e. The molecule has 0 unspecified atom stereocenters. The average molecular weight is 524 g/mol. The Kier molecular flexibility index (Phi) is 6.80. The second kappa shape index (κ2) is 9.54. The van der Waals surface area contributed by atoms with E-state index in [0.717, 1.165) is 4.52 Å². The maximum absolute atomic E-state index is 13.5. The molecule has 1 fully saturated rings. The number of fused-ring (bicyclic) bond motifs is 1. The molecule has 0 atom stereocenters. The number of hydrogen-bond acceptors (Lipinski definition) is 5. The number of hydrogen-bond donors (Lipinski definition) is 2. The van der Waals surface area contributed by atoms with Crippen molar-refractivity contribution in [2.45, 2.75) is 36.8 Å². The van der Waals surface area contributed by atoms with E-state index in [9.17, 15) is 31.2 Å². The molecular formula is C23H24F3N5O4S. The highest BCUT2D eigenvalue weighted by Gasteiger charge is 2.40. The van der Waals surface area contributed by atoms with Crippen LogP contribution < -0.4 is 10.6 Å². The Bertz CT molecular complexity index is 1410. The fourth-order valence-corrected chi connectivity index (χ4v) is 5.83. The maximum atomic E-state index is 13.5. The van der Waals surface area contributed by atoms with Gasteiger partial charge in [0.1, 0.15) is 0 Å². The van der Waals surface area contributed by atoms with Crippen LogP contribution in [0.1, 0.15) is 47.3 Å². The summed E-state index contributed by atoms with van der Waals surface area (Å²) < 4.78 is 68.9. The number of pyridine rings is 1. The second-order valence-electron chi connectivity index (χ2n) is 8.47. The summed E-state index contributed by atoms with van der Waals surface area (Å²) in [7, 11) is -2.50.